The number of para-hydroxylation sites is 1. The second-order valence-corrected chi connectivity index (χ2v) is 5.57. The molecular weight excluding hydrogens is 214 g/mol. The van der Waals surface area contributed by atoms with Gasteiger partial charge in [-0.1, -0.05) is 26.0 Å². The highest BCUT2D eigenvalue weighted by Gasteiger charge is 2.45. The van der Waals surface area contributed by atoms with Crippen molar-refractivity contribution in [2.45, 2.75) is 32.9 Å². The smallest absolute Gasteiger partial charge is 0.165 e. The molecular formula is C14H19NO2. The molecule has 1 aliphatic carbocycles. The lowest BCUT2D eigenvalue weighted by molar-refractivity contribution is 0.169. The molecule has 0 aromatic heterocycles. The Morgan fingerprint density at radius 2 is 2.06 bits per heavy atom. The molecule has 0 bridgehead atoms. The molecule has 3 rings (SSSR count). The minimum atomic E-state index is 0.464. The fraction of sp³-hybridized carbons (Fsp3) is 0.571. The van der Waals surface area contributed by atoms with Crippen LogP contribution < -0.4 is 14.8 Å². The van der Waals surface area contributed by atoms with Crippen molar-refractivity contribution in [1.29, 1.82) is 0 Å². The number of fused-ring (bicyclic) bond motifs is 1. The van der Waals surface area contributed by atoms with Crippen LogP contribution >= 0.6 is 0 Å². The fourth-order valence-corrected chi connectivity index (χ4v) is 2.32. The van der Waals surface area contributed by atoms with E-state index in [4.69, 9.17) is 9.47 Å². The van der Waals surface area contributed by atoms with Crippen LogP contribution in [-0.2, 0) is 6.54 Å². The Labute approximate surface area is 102 Å². The Morgan fingerprint density at radius 1 is 1.29 bits per heavy atom. The zero-order chi connectivity index (χ0) is 11.9. The number of ether oxygens (including phenoxy) is 2. The molecule has 92 valence electrons. The summed E-state index contributed by atoms with van der Waals surface area (Å²) in [5, 5.41) is 3.58. The van der Waals surface area contributed by atoms with E-state index in [-0.39, 0.29) is 0 Å². The maximum absolute atomic E-state index is 5.69. The largest absolute Gasteiger partial charge is 0.486 e. The molecule has 1 fully saturated rings. The lowest BCUT2D eigenvalue weighted by Gasteiger charge is -2.21. The number of benzene rings is 1. The zero-order valence-electron chi connectivity index (χ0n) is 10.5. The first kappa shape index (κ1) is 10.9. The predicted molar refractivity (Wildman–Crippen MR) is 66.5 cm³/mol. The van der Waals surface area contributed by atoms with Gasteiger partial charge in [0, 0.05) is 18.2 Å². The van der Waals surface area contributed by atoms with E-state index in [0.29, 0.717) is 24.7 Å². The van der Waals surface area contributed by atoms with Gasteiger partial charge in [0.15, 0.2) is 11.5 Å². The Kier molecular flexibility index (Phi) is 2.51. The van der Waals surface area contributed by atoms with Crippen LogP contribution in [0.1, 0.15) is 25.8 Å². The molecule has 3 nitrogen and oxygen atoms in total. The van der Waals surface area contributed by atoms with Crippen molar-refractivity contribution in [2.75, 3.05) is 13.2 Å². The molecule has 1 heterocycles. The van der Waals surface area contributed by atoms with Crippen LogP contribution in [0.15, 0.2) is 18.2 Å². The van der Waals surface area contributed by atoms with E-state index in [9.17, 15) is 0 Å². The van der Waals surface area contributed by atoms with E-state index < -0.39 is 0 Å². The van der Waals surface area contributed by atoms with Gasteiger partial charge >= 0.3 is 0 Å². The van der Waals surface area contributed by atoms with Crippen molar-refractivity contribution in [3.63, 3.8) is 0 Å². The topological polar surface area (TPSA) is 30.5 Å². The molecule has 1 aliphatic heterocycles. The van der Waals surface area contributed by atoms with Crippen molar-refractivity contribution in [3.05, 3.63) is 23.8 Å². The molecule has 0 radical (unpaired) electrons. The van der Waals surface area contributed by atoms with E-state index in [2.05, 4.69) is 25.2 Å². The number of nitrogens with one attached hydrogen (secondary N) is 1. The maximum atomic E-state index is 5.69. The highest BCUT2D eigenvalue weighted by molar-refractivity contribution is 5.47. The third-order valence-electron chi connectivity index (χ3n) is 3.70. The quantitative estimate of drug-likeness (QED) is 0.869. The van der Waals surface area contributed by atoms with E-state index in [1.54, 1.807) is 0 Å². The van der Waals surface area contributed by atoms with Gasteiger partial charge in [-0.2, -0.15) is 0 Å². The monoisotopic (exact) mass is 233 g/mol. The average Bonchev–Trinajstić information content (AvgIpc) is 2.94. The number of rotatable bonds is 3. The van der Waals surface area contributed by atoms with Crippen LogP contribution in [0.2, 0.25) is 0 Å². The van der Waals surface area contributed by atoms with Gasteiger partial charge in [-0.05, 0) is 17.9 Å². The Hall–Kier alpha value is -1.22. The van der Waals surface area contributed by atoms with E-state index in [1.165, 1.54) is 12.0 Å². The maximum Gasteiger partial charge on any atom is 0.165 e. The summed E-state index contributed by atoms with van der Waals surface area (Å²) < 4.78 is 11.3. The molecule has 1 unspecified atom stereocenters. The van der Waals surface area contributed by atoms with Crippen LogP contribution in [-0.4, -0.2) is 19.3 Å². The van der Waals surface area contributed by atoms with Gasteiger partial charge in [0.05, 0.1) is 0 Å². The molecule has 0 spiro atoms. The summed E-state index contributed by atoms with van der Waals surface area (Å²) in [5.74, 6) is 1.80. The van der Waals surface area contributed by atoms with Gasteiger partial charge in [-0.25, -0.2) is 0 Å². The highest BCUT2D eigenvalue weighted by Crippen LogP contribution is 2.45. The lowest BCUT2D eigenvalue weighted by atomic mass is 10.1. The van der Waals surface area contributed by atoms with Gasteiger partial charge in [-0.3, -0.25) is 0 Å². The van der Waals surface area contributed by atoms with Gasteiger partial charge < -0.3 is 14.8 Å². The van der Waals surface area contributed by atoms with Crippen LogP contribution in [0.4, 0.5) is 0 Å². The molecule has 0 amide bonds. The van der Waals surface area contributed by atoms with Gasteiger partial charge in [0.1, 0.15) is 13.2 Å². The summed E-state index contributed by atoms with van der Waals surface area (Å²) in [6.45, 7) is 6.76. The van der Waals surface area contributed by atoms with E-state index >= 15 is 0 Å². The number of hydrogen-bond acceptors (Lipinski definition) is 3. The molecule has 1 saturated carbocycles. The summed E-state index contributed by atoms with van der Waals surface area (Å²) in [6, 6.07) is 6.75. The second-order valence-electron chi connectivity index (χ2n) is 5.57. The Bertz CT molecular complexity index is 428. The van der Waals surface area contributed by atoms with Gasteiger partial charge in [0.25, 0.3) is 0 Å². The minimum absolute atomic E-state index is 0.464. The predicted octanol–water partition coefficient (Wildman–Crippen LogP) is 2.35. The van der Waals surface area contributed by atoms with Gasteiger partial charge in [-0.15, -0.1) is 0 Å². The summed E-state index contributed by atoms with van der Waals surface area (Å²) in [7, 11) is 0. The van der Waals surface area contributed by atoms with Crippen LogP contribution in [0, 0.1) is 5.41 Å². The molecule has 1 N–H and O–H groups in total. The molecule has 3 heteroatoms. The van der Waals surface area contributed by atoms with Crippen molar-refractivity contribution in [1.82, 2.24) is 5.32 Å². The van der Waals surface area contributed by atoms with Crippen LogP contribution in [0.3, 0.4) is 0 Å². The fourth-order valence-electron chi connectivity index (χ4n) is 2.32. The molecule has 17 heavy (non-hydrogen) atoms. The summed E-state index contributed by atoms with van der Waals surface area (Å²) in [6.07, 6.45) is 1.26. The van der Waals surface area contributed by atoms with Crippen LogP contribution in [0.25, 0.3) is 0 Å². The second kappa shape index (κ2) is 3.91. The van der Waals surface area contributed by atoms with E-state index in [1.807, 2.05) is 12.1 Å². The van der Waals surface area contributed by atoms with Crippen molar-refractivity contribution in [2.24, 2.45) is 5.41 Å². The standard InChI is InChI=1S/C14H19NO2/c1-14(2)8-12(14)15-9-10-4-3-5-11-13(10)17-7-6-16-11/h3-5,12,15H,6-9H2,1-2H3. The Morgan fingerprint density at radius 3 is 2.82 bits per heavy atom. The van der Waals surface area contributed by atoms with Crippen molar-refractivity contribution < 1.29 is 9.47 Å². The molecule has 2 aliphatic rings. The zero-order valence-corrected chi connectivity index (χ0v) is 10.5. The van der Waals surface area contributed by atoms with Crippen LogP contribution in [0.5, 0.6) is 11.5 Å². The first-order valence-corrected chi connectivity index (χ1v) is 6.28. The number of hydrogen-bond donors (Lipinski definition) is 1. The summed E-state index contributed by atoms with van der Waals surface area (Å²) >= 11 is 0. The third-order valence-corrected chi connectivity index (χ3v) is 3.70. The van der Waals surface area contributed by atoms with Gasteiger partial charge in [0.2, 0.25) is 0 Å². The van der Waals surface area contributed by atoms with Crippen molar-refractivity contribution in [3.8, 4) is 11.5 Å². The normalized spacial score (nSPS) is 24.5. The minimum Gasteiger partial charge on any atom is -0.486 e. The summed E-state index contributed by atoms with van der Waals surface area (Å²) in [4.78, 5) is 0. The molecule has 0 saturated heterocycles. The first-order valence-electron chi connectivity index (χ1n) is 6.28. The Balaban J connectivity index is 1.70. The van der Waals surface area contributed by atoms with Crippen molar-refractivity contribution >= 4 is 0 Å². The molecule has 1 aromatic carbocycles. The SMILES string of the molecule is CC1(C)CC1NCc1cccc2c1OCCO2. The highest BCUT2D eigenvalue weighted by atomic mass is 16.6. The molecule has 1 atom stereocenters. The average molecular weight is 233 g/mol. The first-order chi connectivity index (χ1) is 8.17. The molecule has 1 aromatic rings. The van der Waals surface area contributed by atoms with E-state index in [0.717, 1.165) is 18.0 Å². The third kappa shape index (κ3) is 2.12. The summed E-state index contributed by atoms with van der Waals surface area (Å²) in [5.41, 5.74) is 1.66. The lowest BCUT2D eigenvalue weighted by Crippen LogP contribution is -2.22.